The highest BCUT2D eigenvalue weighted by Crippen LogP contribution is 2.18. The molecule has 1 aromatic rings. The number of nitrogens with zero attached hydrogens (tertiary/aromatic N) is 2. The number of amides is 1. The summed E-state index contributed by atoms with van der Waals surface area (Å²) in [7, 11) is 0.661. The van der Waals surface area contributed by atoms with Gasteiger partial charge in [-0.05, 0) is 18.2 Å². The van der Waals surface area contributed by atoms with Gasteiger partial charge in [0, 0.05) is 21.1 Å². The van der Waals surface area contributed by atoms with Gasteiger partial charge in [0.05, 0.1) is 11.4 Å². The van der Waals surface area contributed by atoms with Crippen LogP contribution in [0.4, 0.5) is 0 Å². The van der Waals surface area contributed by atoms with Crippen molar-refractivity contribution in [3.05, 3.63) is 24.3 Å². The normalized spacial score (nSPS) is 11.6. The average Bonchev–Trinajstić information content (AvgIpc) is 2.28. The monoisotopic (exact) mass is 272 g/mol. The van der Waals surface area contributed by atoms with Crippen LogP contribution < -0.4 is 0 Å². The Balaban J connectivity index is 2.97. The van der Waals surface area contributed by atoms with Crippen LogP contribution in [0.2, 0.25) is 0 Å². The molecule has 0 aromatic heterocycles. The van der Waals surface area contributed by atoms with Gasteiger partial charge in [-0.3, -0.25) is 4.79 Å². The Morgan fingerprint density at radius 3 is 2.39 bits per heavy atom. The van der Waals surface area contributed by atoms with Crippen LogP contribution in [-0.4, -0.2) is 56.3 Å². The molecule has 7 heteroatoms. The lowest BCUT2D eigenvalue weighted by Crippen LogP contribution is -2.37. The Labute approximate surface area is 106 Å². The van der Waals surface area contributed by atoms with Gasteiger partial charge < -0.3 is 10.0 Å². The van der Waals surface area contributed by atoms with Gasteiger partial charge in [0.25, 0.3) is 0 Å². The molecule has 0 heterocycles. The molecule has 0 aliphatic rings. The summed E-state index contributed by atoms with van der Waals surface area (Å²) in [6.07, 6.45) is 0. The lowest BCUT2D eigenvalue weighted by Gasteiger charge is -2.19. The molecule has 0 bridgehead atoms. The summed E-state index contributed by atoms with van der Waals surface area (Å²) in [6, 6.07) is 5.32. The number of phenolic OH excluding ortho intramolecular Hbond substituents is 1. The van der Waals surface area contributed by atoms with E-state index in [1.165, 1.54) is 30.1 Å². The van der Waals surface area contributed by atoms with E-state index in [9.17, 15) is 18.3 Å². The molecular weight excluding hydrogens is 256 g/mol. The third-order valence-corrected chi connectivity index (χ3v) is 4.18. The van der Waals surface area contributed by atoms with E-state index in [4.69, 9.17) is 0 Å². The van der Waals surface area contributed by atoms with Crippen LogP contribution in [0.15, 0.2) is 29.2 Å². The molecule has 0 aliphatic heterocycles. The zero-order valence-electron chi connectivity index (χ0n) is 10.5. The summed E-state index contributed by atoms with van der Waals surface area (Å²) in [5.41, 5.74) is 0. The minimum atomic E-state index is -3.76. The summed E-state index contributed by atoms with van der Waals surface area (Å²) in [4.78, 5) is 12.7. The topological polar surface area (TPSA) is 77.9 Å². The molecule has 1 aromatic carbocycles. The molecule has 1 rings (SSSR count). The number of rotatable bonds is 4. The maximum absolute atomic E-state index is 12.1. The lowest BCUT2D eigenvalue weighted by molar-refractivity contribution is -0.128. The van der Waals surface area contributed by atoms with E-state index in [1.54, 1.807) is 14.1 Å². The standard InChI is InChI=1S/C11H16N2O4S/c1-12(2)11(15)8-13(3)18(16,17)10-6-4-5-9(14)7-10/h4-7,14H,8H2,1-3H3. The number of sulfonamides is 1. The average molecular weight is 272 g/mol. The Kier molecular flexibility index (Phi) is 4.31. The van der Waals surface area contributed by atoms with Gasteiger partial charge in [-0.1, -0.05) is 6.07 Å². The van der Waals surface area contributed by atoms with E-state index in [2.05, 4.69) is 0 Å². The van der Waals surface area contributed by atoms with E-state index >= 15 is 0 Å². The van der Waals surface area contributed by atoms with Crippen LogP contribution >= 0.6 is 0 Å². The van der Waals surface area contributed by atoms with Crippen molar-refractivity contribution in [2.24, 2.45) is 0 Å². The van der Waals surface area contributed by atoms with Gasteiger partial charge >= 0.3 is 0 Å². The molecular formula is C11H16N2O4S. The predicted octanol–water partition coefficient (Wildman–Crippen LogP) is 0.101. The Bertz CT molecular complexity index is 540. The van der Waals surface area contributed by atoms with Crippen LogP contribution in [0.1, 0.15) is 0 Å². The third-order valence-electron chi connectivity index (χ3n) is 2.38. The van der Waals surface area contributed by atoms with E-state index in [0.717, 1.165) is 10.4 Å². The summed E-state index contributed by atoms with van der Waals surface area (Å²) < 4.78 is 25.1. The first-order valence-corrected chi connectivity index (χ1v) is 6.64. The maximum atomic E-state index is 12.1. The molecule has 0 aliphatic carbocycles. The minimum Gasteiger partial charge on any atom is -0.508 e. The van der Waals surface area contributed by atoms with E-state index in [-0.39, 0.29) is 23.1 Å². The van der Waals surface area contributed by atoms with Crippen LogP contribution in [0, 0.1) is 0 Å². The van der Waals surface area contributed by atoms with Gasteiger partial charge in [-0.25, -0.2) is 8.42 Å². The number of carbonyl (C=O) groups excluding carboxylic acids is 1. The fraction of sp³-hybridized carbons (Fsp3) is 0.364. The number of phenols is 1. The van der Waals surface area contributed by atoms with Crippen LogP contribution in [0.25, 0.3) is 0 Å². The molecule has 6 nitrogen and oxygen atoms in total. The molecule has 18 heavy (non-hydrogen) atoms. The predicted molar refractivity (Wildman–Crippen MR) is 66.6 cm³/mol. The number of carbonyl (C=O) groups is 1. The van der Waals surface area contributed by atoms with Gasteiger partial charge in [0.2, 0.25) is 15.9 Å². The fourth-order valence-corrected chi connectivity index (χ4v) is 2.40. The number of benzene rings is 1. The van der Waals surface area contributed by atoms with Crippen LogP contribution in [0.3, 0.4) is 0 Å². The second-order valence-electron chi connectivity index (χ2n) is 4.05. The molecule has 0 saturated carbocycles. The summed E-state index contributed by atoms with van der Waals surface area (Å²) in [6.45, 7) is -0.245. The Morgan fingerprint density at radius 2 is 1.89 bits per heavy atom. The number of aromatic hydroxyl groups is 1. The SMILES string of the molecule is CN(C)C(=O)CN(C)S(=O)(=O)c1cccc(O)c1. The first-order chi connectivity index (χ1) is 8.25. The third kappa shape index (κ3) is 3.21. The molecule has 0 saturated heterocycles. The quantitative estimate of drug-likeness (QED) is 0.843. The molecule has 0 fully saturated rings. The highest BCUT2D eigenvalue weighted by atomic mass is 32.2. The summed E-state index contributed by atoms with van der Waals surface area (Å²) in [5.74, 6) is -0.454. The molecule has 0 spiro atoms. The van der Waals surface area contributed by atoms with E-state index in [0.29, 0.717) is 0 Å². The lowest BCUT2D eigenvalue weighted by atomic mass is 10.3. The van der Waals surface area contributed by atoms with Crippen molar-refractivity contribution in [2.45, 2.75) is 4.90 Å². The smallest absolute Gasteiger partial charge is 0.243 e. The molecule has 0 atom stereocenters. The number of hydrogen-bond donors (Lipinski definition) is 1. The second kappa shape index (κ2) is 5.36. The number of hydrogen-bond acceptors (Lipinski definition) is 4. The van der Waals surface area contributed by atoms with Crippen molar-refractivity contribution < 1.29 is 18.3 Å². The van der Waals surface area contributed by atoms with Crippen LogP contribution in [-0.2, 0) is 14.8 Å². The van der Waals surface area contributed by atoms with Crippen molar-refractivity contribution in [1.29, 1.82) is 0 Å². The fourth-order valence-electron chi connectivity index (χ4n) is 1.24. The Morgan fingerprint density at radius 1 is 1.28 bits per heavy atom. The van der Waals surface area contributed by atoms with Crippen molar-refractivity contribution >= 4 is 15.9 Å². The van der Waals surface area contributed by atoms with Crippen molar-refractivity contribution in [2.75, 3.05) is 27.7 Å². The minimum absolute atomic E-state index is 0.0449. The zero-order chi connectivity index (χ0) is 13.9. The van der Waals surface area contributed by atoms with E-state index in [1.807, 2.05) is 0 Å². The maximum Gasteiger partial charge on any atom is 0.243 e. The van der Waals surface area contributed by atoms with Gasteiger partial charge in [-0.2, -0.15) is 4.31 Å². The van der Waals surface area contributed by atoms with E-state index < -0.39 is 10.0 Å². The summed E-state index contributed by atoms with van der Waals surface area (Å²) in [5, 5.41) is 9.27. The van der Waals surface area contributed by atoms with Gasteiger partial charge in [0.1, 0.15) is 5.75 Å². The first-order valence-electron chi connectivity index (χ1n) is 5.20. The highest BCUT2D eigenvalue weighted by Gasteiger charge is 2.23. The largest absolute Gasteiger partial charge is 0.508 e. The van der Waals surface area contributed by atoms with Crippen molar-refractivity contribution in [1.82, 2.24) is 9.21 Å². The summed E-state index contributed by atoms with van der Waals surface area (Å²) >= 11 is 0. The highest BCUT2D eigenvalue weighted by molar-refractivity contribution is 7.89. The Hall–Kier alpha value is -1.60. The van der Waals surface area contributed by atoms with Gasteiger partial charge in [0.15, 0.2) is 0 Å². The molecule has 1 N–H and O–H groups in total. The molecule has 100 valence electrons. The van der Waals surface area contributed by atoms with Gasteiger partial charge in [-0.15, -0.1) is 0 Å². The van der Waals surface area contributed by atoms with Crippen LogP contribution in [0.5, 0.6) is 5.75 Å². The second-order valence-corrected chi connectivity index (χ2v) is 6.09. The molecule has 0 unspecified atom stereocenters. The number of likely N-dealkylation sites (N-methyl/N-ethyl adjacent to an activating group) is 2. The molecule has 0 radical (unpaired) electrons. The first kappa shape index (κ1) is 14.5. The molecule has 1 amide bonds. The van der Waals surface area contributed by atoms with Crippen molar-refractivity contribution in [3.8, 4) is 5.75 Å². The van der Waals surface area contributed by atoms with Crippen molar-refractivity contribution in [3.63, 3.8) is 0 Å². The zero-order valence-corrected chi connectivity index (χ0v) is 11.3.